The first kappa shape index (κ1) is 17.8. The summed E-state index contributed by atoms with van der Waals surface area (Å²) in [5.74, 6) is 0. The molecule has 0 saturated carbocycles. The summed E-state index contributed by atoms with van der Waals surface area (Å²) in [4.78, 5) is 2.11. The zero-order valence-electron chi connectivity index (χ0n) is 12.3. The number of hydrogen-bond donors (Lipinski definition) is 0. The van der Waals surface area contributed by atoms with Crippen LogP contribution in [0.15, 0.2) is 12.2 Å². The topological polar surface area (TPSA) is 38.8 Å². The van der Waals surface area contributed by atoms with Gasteiger partial charge in [0, 0.05) is 6.54 Å². The van der Waals surface area contributed by atoms with E-state index in [9.17, 15) is 4.57 Å². The lowest BCUT2D eigenvalue weighted by Gasteiger charge is -2.26. The van der Waals surface area contributed by atoms with Gasteiger partial charge >= 0.3 is 7.60 Å². The molecule has 0 N–H and O–H groups in total. The highest BCUT2D eigenvalue weighted by Gasteiger charge is 2.26. The molecule has 0 aliphatic rings. The molecule has 108 valence electrons. The van der Waals surface area contributed by atoms with Gasteiger partial charge in [0.25, 0.3) is 0 Å². The Bertz CT molecular complexity index is 271. The van der Waals surface area contributed by atoms with Crippen molar-refractivity contribution >= 4 is 7.60 Å². The van der Waals surface area contributed by atoms with Gasteiger partial charge in [-0.05, 0) is 33.7 Å². The Morgan fingerprint density at radius 2 is 1.78 bits per heavy atom. The van der Waals surface area contributed by atoms with E-state index < -0.39 is 7.60 Å². The Kier molecular flexibility index (Phi) is 9.66. The van der Waals surface area contributed by atoms with Crippen molar-refractivity contribution in [1.82, 2.24) is 4.90 Å². The summed E-state index contributed by atoms with van der Waals surface area (Å²) >= 11 is 0. The molecule has 0 fully saturated rings. The molecule has 0 aliphatic heterocycles. The van der Waals surface area contributed by atoms with Crippen LogP contribution in [0.1, 0.15) is 40.5 Å². The molecule has 0 heterocycles. The lowest BCUT2D eigenvalue weighted by Crippen LogP contribution is -2.28. The monoisotopic (exact) mass is 277 g/mol. The van der Waals surface area contributed by atoms with Gasteiger partial charge in [0.1, 0.15) is 6.29 Å². The first-order valence-corrected chi connectivity index (χ1v) is 8.45. The molecule has 0 aromatic rings. The molecule has 0 unspecified atom stereocenters. The molecule has 0 spiro atoms. The molecular weight excluding hydrogens is 249 g/mol. The van der Waals surface area contributed by atoms with Crippen molar-refractivity contribution in [3.8, 4) is 0 Å². The predicted molar refractivity (Wildman–Crippen MR) is 77.0 cm³/mol. The van der Waals surface area contributed by atoms with E-state index in [0.717, 1.165) is 31.5 Å². The quantitative estimate of drug-likeness (QED) is 0.424. The zero-order chi connectivity index (χ0) is 14.0. The van der Waals surface area contributed by atoms with E-state index in [1.54, 1.807) is 0 Å². The number of hydrogen-bond acceptors (Lipinski definition) is 4. The minimum absolute atomic E-state index is 0.349. The second-order valence-corrected chi connectivity index (χ2v) is 6.47. The highest BCUT2D eigenvalue weighted by atomic mass is 31.2. The summed E-state index contributed by atoms with van der Waals surface area (Å²) in [6, 6.07) is 0. The average molecular weight is 277 g/mol. The predicted octanol–water partition coefficient (Wildman–Crippen LogP) is 3.89. The minimum Gasteiger partial charge on any atom is -0.308 e. The highest BCUT2D eigenvalue weighted by Crippen LogP contribution is 2.48. The van der Waals surface area contributed by atoms with Gasteiger partial charge in [0.05, 0.1) is 13.2 Å². The first-order chi connectivity index (χ1) is 8.47. The van der Waals surface area contributed by atoms with Crippen molar-refractivity contribution in [3.05, 3.63) is 12.2 Å². The Labute approximate surface area is 112 Å². The Morgan fingerprint density at radius 3 is 2.17 bits per heavy atom. The van der Waals surface area contributed by atoms with E-state index in [1.165, 1.54) is 0 Å². The largest absolute Gasteiger partial charge is 0.344 e. The number of rotatable bonds is 11. The van der Waals surface area contributed by atoms with E-state index in [4.69, 9.17) is 9.05 Å². The molecule has 0 atom stereocenters. The molecule has 5 heteroatoms. The van der Waals surface area contributed by atoms with Crippen LogP contribution in [0, 0.1) is 0 Å². The van der Waals surface area contributed by atoms with E-state index in [0.29, 0.717) is 19.5 Å². The van der Waals surface area contributed by atoms with E-state index in [-0.39, 0.29) is 0 Å². The summed E-state index contributed by atoms with van der Waals surface area (Å²) < 4.78 is 23.1. The number of unbranched alkanes of at least 4 members (excludes halogenated alkanes) is 1. The standard InChI is InChI=1S/C13H28NO3P/c1-6-9-10-14(11-13(4)5)12-18(15,16-7-2)17-8-3/h4,6-12H2,1-3,5H3. The smallest absolute Gasteiger partial charge is 0.308 e. The summed E-state index contributed by atoms with van der Waals surface area (Å²) in [5.41, 5.74) is 1.06. The molecule has 0 aliphatic carbocycles. The lowest BCUT2D eigenvalue weighted by atomic mass is 10.3. The zero-order valence-corrected chi connectivity index (χ0v) is 13.2. The fourth-order valence-electron chi connectivity index (χ4n) is 1.72. The van der Waals surface area contributed by atoms with Gasteiger partial charge in [-0.25, -0.2) is 0 Å². The fourth-order valence-corrected chi connectivity index (χ4v) is 3.48. The second-order valence-electron chi connectivity index (χ2n) is 4.45. The van der Waals surface area contributed by atoms with Crippen LogP contribution in [-0.4, -0.2) is 37.5 Å². The third-order valence-corrected chi connectivity index (χ3v) is 4.40. The summed E-state index contributed by atoms with van der Waals surface area (Å²) in [6.45, 7) is 14.2. The number of nitrogens with zero attached hydrogens (tertiary/aromatic N) is 1. The summed E-state index contributed by atoms with van der Waals surface area (Å²) in [5, 5.41) is 0. The lowest BCUT2D eigenvalue weighted by molar-refractivity contribution is 0.198. The molecular formula is C13H28NO3P. The molecule has 0 aromatic heterocycles. The van der Waals surface area contributed by atoms with Gasteiger partial charge in [-0.15, -0.1) is 0 Å². The van der Waals surface area contributed by atoms with E-state index in [2.05, 4.69) is 18.4 Å². The minimum atomic E-state index is -2.99. The Hall–Kier alpha value is -0.150. The maximum Gasteiger partial charge on any atom is 0.344 e. The Morgan fingerprint density at radius 1 is 1.22 bits per heavy atom. The van der Waals surface area contributed by atoms with Crippen molar-refractivity contribution < 1.29 is 13.6 Å². The molecule has 4 nitrogen and oxygen atoms in total. The molecule has 18 heavy (non-hydrogen) atoms. The summed E-state index contributed by atoms with van der Waals surface area (Å²) in [6.07, 6.45) is 2.54. The first-order valence-electron chi connectivity index (χ1n) is 6.72. The molecule has 0 saturated heterocycles. The van der Waals surface area contributed by atoms with Gasteiger partial charge in [0.2, 0.25) is 0 Å². The van der Waals surface area contributed by atoms with Crippen molar-refractivity contribution in [3.63, 3.8) is 0 Å². The van der Waals surface area contributed by atoms with Gasteiger partial charge < -0.3 is 9.05 Å². The van der Waals surface area contributed by atoms with Crippen LogP contribution in [0.2, 0.25) is 0 Å². The molecule has 0 bridgehead atoms. The molecule has 0 rings (SSSR count). The second kappa shape index (κ2) is 9.74. The van der Waals surface area contributed by atoms with E-state index in [1.807, 2.05) is 20.8 Å². The van der Waals surface area contributed by atoms with Crippen molar-refractivity contribution in [2.24, 2.45) is 0 Å². The van der Waals surface area contributed by atoms with Crippen LogP contribution in [0.25, 0.3) is 0 Å². The third-order valence-electron chi connectivity index (χ3n) is 2.35. The van der Waals surface area contributed by atoms with Crippen LogP contribution in [-0.2, 0) is 13.6 Å². The molecule has 0 radical (unpaired) electrons. The van der Waals surface area contributed by atoms with Gasteiger partial charge in [-0.2, -0.15) is 0 Å². The Balaban J connectivity index is 4.56. The molecule has 0 amide bonds. The van der Waals surface area contributed by atoms with Crippen molar-refractivity contribution in [2.75, 3.05) is 32.6 Å². The van der Waals surface area contributed by atoms with Crippen molar-refractivity contribution in [1.29, 1.82) is 0 Å². The van der Waals surface area contributed by atoms with Gasteiger partial charge in [-0.3, -0.25) is 9.46 Å². The van der Waals surface area contributed by atoms with Crippen LogP contribution in [0.5, 0.6) is 0 Å². The molecule has 0 aromatic carbocycles. The third kappa shape index (κ3) is 8.04. The van der Waals surface area contributed by atoms with Crippen LogP contribution >= 0.6 is 7.60 Å². The SMILES string of the molecule is C=C(C)CN(CCCC)CP(=O)(OCC)OCC. The maximum atomic E-state index is 12.5. The maximum absolute atomic E-state index is 12.5. The van der Waals surface area contributed by atoms with Crippen LogP contribution < -0.4 is 0 Å². The fraction of sp³-hybridized carbons (Fsp3) is 0.846. The van der Waals surface area contributed by atoms with E-state index >= 15 is 0 Å². The highest BCUT2D eigenvalue weighted by molar-refractivity contribution is 7.53. The van der Waals surface area contributed by atoms with Crippen LogP contribution in [0.4, 0.5) is 0 Å². The normalized spacial score (nSPS) is 12.1. The van der Waals surface area contributed by atoms with Crippen molar-refractivity contribution in [2.45, 2.75) is 40.5 Å². The van der Waals surface area contributed by atoms with Gasteiger partial charge in [0.15, 0.2) is 0 Å². The summed E-state index contributed by atoms with van der Waals surface area (Å²) in [7, 11) is -2.99. The average Bonchev–Trinajstić information content (AvgIpc) is 2.25. The van der Waals surface area contributed by atoms with Crippen LogP contribution in [0.3, 0.4) is 0 Å². The van der Waals surface area contributed by atoms with Gasteiger partial charge in [-0.1, -0.05) is 25.5 Å².